The van der Waals surface area contributed by atoms with Gasteiger partial charge in [-0.05, 0) is 98.7 Å². The van der Waals surface area contributed by atoms with Gasteiger partial charge in [0.1, 0.15) is 0 Å². The second kappa shape index (κ2) is 8.65. The molecule has 0 amide bonds. The van der Waals surface area contributed by atoms with Gasteiger partial charge < -0.3 is 14.8 Å². The van der Waals surface area contributed by atoms with E-state index in [1.165, 1.54) is 16.8 Å². The van der Waals surface area contributed by atoms with Crippen molar-refractivity contribution in [3.05, 3.63) is 112 Å². The minimum Gasteiger partial charge on any atom is -0.351 e. The zero-order valence-corrected chi connectivity index (χ0v) is 20.4. The highest BCUT2D eigenvalue weighted by atomic mass is 35.5. The second-order valence-electron chi connectivity index (χ2n) is 8.47. The van der Waals surface area contributed by atoms with Gasteiger partial charge in [0.25, 0.3) is 0 Å². The Morgan fingerprint density at radius 3 is 2.39 bits per heavy atom. The number of anilines is 1. The van der Waals surface area contributed by atoms with Crippen LogP contribution in [0.1, 0.15) is 40.3 Å². The SMILES string of the molecule is Cc1cccc(N2C(=S)N[C@@H](c3ccccn3)[C@H]2c2cc(C)n(-c3ccc(Cl)cc3)c2C)c1. The van der Waals surface area contributed by atoms with Gasteiger partial charge in [-0.25, -0.2) is 0 Å². The fourth-order valence-electron chi connectivity index (χ4n) is 4.80. The fourth-order valence-corrected chi connectivity index (χ4v) is 5.27. The monoisotopic (exact) mass is 472 g/mol. The van der Waals surface area contributed by atoms with Gasteiger partial charge in [-0.3, -0.25) is 4.98 Å². The standard InChI is InChI=1S/C27H25ClN4S/c1-17-7-6-8-22(15-17)32-26(25(30-27(32)33)24-9-4-5-14-29-24)23-16-18(2)31(19(23)3)21-12-10-20(28)11-13-21/h4-16,25-26H,1-3H3,(H,30,33)/t25-,26+/m0/s1. The molecule has 5 rings (SSSR count). The molecule has 2 atom stereocenters. The van der Waals surface area contributed by atoms with Crippen LogP contribution in [0.15, 0.2) is 79.0 Å². The first-order valence-electron chi connectivity index (χ1n) is 11.0. The van der Waals surface area contributed by atoms with Gasteiger partial charge in [0.15, 0.2) is 5.11 Å². The molecule has 1 aliphatic heterocycles. The summed E-state index contributed by atoms with van der Waals surface area (Å²) in [5.41, 5.74) is 7.87. The lowest BCUT2D eigenvalue weighted by Gasteiger charge is -2.28. The van der Waals surface area contributed by atoms with Crippen LogP contribution in [-0.2, 0) is 0 Å². The molecule has 0 bridgehead atoms. The number of aromatic nitrogens is 2. The quantitative estimate of drug-likeness (QED) is 0.338. The summed E-state index contributed by atoms with van der Waals surface area (Å²) in [5, 5.41) is 4.99. The summed E-state index contributed by atoms with van der Waals surface area (Å²) in [6, 6.07) is 24.6. The number of hydrogen-bond acceptors (Lipinski definition) is 2. The van der Waals surface area contributed by atoms with Crippen LogP contribution >= 0.6 is 23.8 Å². The maximum atomic E-state index is 6.14. The summed E-state index contributed by atoms with van der Waals surface area (Å²) >= 11 is 12.0. The Morgan fingerprint density at radius 1 is 0.909 bits per heavy atom. The third-order valence-electron chi connectivity index (χ3n) is 6.25. The molecule has 2 aromatic carbocycles. The summed E-state index contributed by atoms with van der Waals surface area (Å²) in [5.74, 6) is 0. The molecule has 6 heteroatoms. The first-order valence-corrected chi connectivity index (χ1v) is 11.7. The van der Waals surface area contributed by atoms with Gasteiger partial charge in [-0.1, -0.05) is 29.8 Å². The molecule has 4 aromatic rings. The van der Waals surface area contributed by atoms with Crippen LogP contribution in [-0.4, -0.2) is 14.7 Å². The predicted molar refractivity (Wildman–Crippen MR) is 139 cm³/mol. The zero-order valence-electron chi connectivity index (χ0n) is 18.8. The van der Waals surface area contributed by atoms with E-state index >= 15 is 0 Å². The highest BCUT2D eigenvalue weighted by Gasteiger charge is 2.42. The molecule has 0 unspecified atom stereocenters. The van der Waals surface area contributed by atoms with E-state index < -0.39 is 0 Å². The summed E-state index contributed by atoms with van der Waals surface area (Å²) in [6.07, 6.45) is 1.84. The molecule has 2 aromatic heterocycles. The number of aryl methyl sites for hydroxylation is 2. The number of rotatable bonds is 4. The van der Waals surface area contributed by atoms with E-state index in [0.717, 1.165) is 27.8 Å². The molecule has 1 N–H and O–H groups in total. The molecule has 1 saturated heterocycles. The average Bonchev–Trinajstić information content (AvgIpc) is 3.30. The van der Waals surface area contributed by atoms with Crippen LogP contribution < -0.4 is 10.2 Å². The zero-order chi connectivity index (χ0) is 23.1. The van der Waals surface area contributed by atoms with E-state index in [9.17, 15) is 0 Å². The molecule has 0 spiro atoms. The molecular weight excluding hydrogens is 448 g/mol. The highest BCUT2D eigenvalue weighted by molar-refractivity contribution is 7.80. The topological polar surface area (TPSA) is 33.1 Å². The molecule has 4 nitrogen and oxygen atoms in total. The number of hydrogen-bond donors (Lipinski definition) is 1. The number of nitrogens with one attached hydrogen (secondary N) is 1. The van der Waals surface area contributed by atoms with Crippen molar-refractivity contribution in [1.82, 2.24) is 14.9 Å². The Kier molecular flexibility index (Phi) is 5.69. The van der Waals surface area contributed by atoms with Crippen molar-refractivity contribution in [3.8, 4) is 5.69 Å². The summed E-state index contributed by atoms with van der Waals surface area (Å²) in [6.45, 7) is 6.41. The van der Waals surface area contributed by atoms with E-state index in [1.807, 2.05) is 30.5 Å². The largest absolute Gasteiger partial charge is 0.351 e. The van der Waals surface area contributed by atoms with Crippen molar-refractivity contribution >= 4 is 34.6 Å². The molecule has 0 radical (unpaired) electrons. The van der Waals surface area contributed by atoms with E-state index in [0.29, 0.717) is 5.11 Å². The smallest absolute Gasteiger partial charge is 0.174 e. The van der Waals surface area contributed by atoms with Crippen LogP contribution in [0.5, 0.6) is 0 Å². The minimum absolute atomic E-state index is 0.0403. The van der Waals surface area contributed by atoms with Gasteiger partial charge in [-0.2, -0.15) is 0 Å². The highest BCUT2D eigenvalue weighted by Crippen LogP contribution is 2.43. The summed E-state index contributed by atoms with van der Waals surface area (Å²) in [4.78, 5) is 6.90. The molecule has 33 heavy (non-hydrogen) atoms. The van der Waals surface area contributed by atoms with E-state index in [2.05, 4.69) is 89.1 Å². The second-order valence-corrected chi connectivity index (χ2v) is 9.30. The number of nitrogens with zero attached hydrogens (tertiary/aromatic N) is 3. The lowest BCUT2D eigenvalue weighted by Crippen LogP contribution is -2.29. The van der Waals surface area contributed by atoms with E-state index in [4.69, 9.17) is 23.8 Å². The maximum absolute atomic E-state index is 6.14. The Bertz CT molecular complexity index is 1310. The van der Waals surface area contributed by atoms with Crippen molar-refractivity contribution in [1.29, 1.82) is 0 Å². The van der Waals surface area contributed by atoms with Crippen LogP contribution in [0.4, 0.5) is 5.69 Å². The molecule has 1 aliphatic rings. The first-order chi connectivity index (χ1) is 15.9. The number of pyridine rings is 1. The molecular formula is C27H25ClN4S. The van der Waals surface area contributed by atoms with E-state index in [1.54, 1.807) is 0 Å². The Hall–Kier alpha value is -3.15. The van der Waals surface area contributed by atoms with Gasteiger partial charge >= 0.3 is 0 Å². The molecule has 166 valence electrons. The first kappa shape index (κ1) is 21.7. The number of thiocarbonyl (C=S) groups is 1. The number of halogens is 1. The molecule has 1 fully saturated rings. The van der Waals surface area contributed by atoms with Crippen molar-refractivity contribution in [2.45, 2.75) is 32.9 Å². The van der Waals surface area contributed by atoms with Crippen molar-refractivity contribution < 1.29 is 0 Å². The van der Waals surface area contributed by atoms with Crippen LogP contribution in [0.3, 0.4) is 0 Å². The lowest BCUT2D eigenvalue weighted by molar-refractivity contribution is 0.565. The number of benzene rings is 2. The third kappa shape index (κ3) is 3.92. The van der Waals surface area contributed by atoms with Gasteiger partial charge in [-0.15, -0.1) is 0 Å². The lowest BCUT2D eigenvalue weighted by atomic mass is 9.96. The summed E-state index contributed by atoms with van der Waals surface area (Å²) in [7, 11) is 0. The predicted octanol–water partition coefficient (Wildman–Crippen LogP) is 6.63. The average molecular weight is 473 g/mol. The van der Waals surface area contributed by atoms with Crippen molar-refractivity contribution in [2.75, 3.05) is 4.90 Å². The van der Waals surface area contributed by atoms with Gasteiger partial charge in [0, 0.05) is 34.0 Å². The summed E-state index contributed by atoms with van der Waals surface area (Å²) < 4.78 is 2.27. The fraction of sp³-hybridized carbons (Fsp3) is 0.185. The maximum Gasteiger partial charge on any atom is 0.174 e. The van der Waals surface area contributed by atoms with Crippen molar-refractivity contribution in [3.63, 3.8) is 0 Å². The van der Waals surface area contributed by atoms with E-state index in [-0.39, 0.29) is 12.1 Å². The van der Waals surface area contributed by atoms with Crippen LogP contribution in [0.2, 0.25) is 5.02 Å². The van der Waals surface area contributed by atoms with Crippen molar-refractivity contribution in [2.24, 2.45) is 0 Å². The minimum atomic E-state index is -0.0709. The van der Waals surface area contributed by atoms with Gasteiger partial charge in [0.05, 0.1) is 17.8 Å². The third-order valence-corrected chi connectivity index (χ3v) is 6.82. The molecule has 0 saturated carbocycles. The Balaban J connectivity index is 1.68. The van der Waals surface area contributed by atoms with Crippen LogP contribution in [0.25, 0.3) is 5.69 Å². The molecule has 3 heterocycles. The molecule has 0 aliphatic carbocycles. The van der Waals surface area contributed by atoms with Gasteiger partial charge in [0.2, 0.25) is 0 Å². The normalized spacial score (nSPS) is 17.9. The van der Waals surface area contributed by atoms with Crippen LogP contribution in [0, 0.1) is 20.8 Å². The Labute approximate surface area is 204 Å². The Morgan fingerprint density at radius 2 is 1.70 bits per heavy atom.